The lowest BCUT2D eigenvalue weighted by Gasteiger charge is -2.08. The second-order valence-electron chi connectivity index (χ2n) is 5.87. The summed E-state index contributed by atoms with van der Waals surface area (Å²) in [6, 6.07) is 8.01. The highest BCUT2D eigenvalue weighted by Crippen LogP contribution is 2.32. The number of benzene rings is 1. The predicted molar refractivity (Wildman–Crippen MR) is 87.9 cm³/mol. The number of hydrogen-bond acceptors (Lipinski definition) is 4. The molecule has 0 bridgehead atoms. The molecule has 0 aliphatic heterocycles. The van der Waals surface area contributed by atoms with Crippen LogP contribution < -0.4 is 4.74 Å². The Labute approximate surface area is 130 Å². The van der Waals surface area contributed by atoms with Gasteiger partial charge in [0.2, 0.25) is 0 Å². The third-order valence-electron chi connectivity index (χ3n) is 3.10. The second kappa shape index (κ2) is 7.05. The zero-order valence-corrected chi connectivity index (χ0v) is 13.9. The first-order valence-electron chi connectivity index (χ1n) is 7.35. The molecule has 3 nitrogen and oxygen atoms in total. The Kier molecular flexibility index (Phi) is 5.37. The molecule has 0 saturated carbocycles. The Hall–Kier alpha value is -1.39. The number of aromatic nitrogens is 1. The van der Waals surface area contributed by atoms with Gasteiger partial charge in [0.15, 0.2) is 0 Å². The minimum absolute atomic E-state index is 0.0563. The van der Waals surface area contributed by atoms with E-state index in [0.717, 1.165) is 33.5 Å². The van der Waals surface area contributed by atoms with Crippen molar-refractivity contribution in [1.82, 2.24) is 4.98 Å². The number of hydrogen-bond donors (Lipinski definition) is 1. The number of ether oxygens (including phenoxy) is 1. The molecule has 0 saturated heterocycles. The van der Waals surface area contributed by atoms with E-state index >= 15 is 0 Å². The zero-order valence-electron chi connectivity index (χ0n) is 13.1. The monoisotopic (exact) mass is 305 g/mol. The molecule has 0 spiro atoms. The molecule has 0 radical (unpaired) electrons. The van der Waals surface area contributed by atoms with Crippen molar-refractivity contribution < 1.29 is 9.84 Å². The molecule has 21 heavy (non-hydrogen) atoms. The summed E-state index contributed by atoms with van der Waals surface area (Å²) in [7, 11) is 0. The van der Waals surface area contributed by atoms with Crippen LogP contribution in [0, 0.1) is 5.92 Å². The van der Waals surface area contributed by atoms with Crippen LogP contribution in [-0.4, -0.2) is 16.7 Å². The topological polar surface area (TPSA) is 42.4 Å². The Bertz CT molecular complexity index is 573. The minimum Gasteiger partial charge on any atom is -0.493 e. The molecule has 0 fully saturated rings. The largest absolute Gasteiger partial charge is 0.493 e. The van der Waals surface area contributed by atoms with Gasteiger partial charge in [-0.15, -0.1) is 11.3 Å². The fourth-order valence-electron chi connectivity index (χ4n) is 2.01. The molecule has 0 aliphatic carbocycles. The molecule has 1 aromatic carbocycles. The van der Waals surface area contributed by atoms with Gasteiger partial charge in [0.25, 0.3) is 0 Å². The summed E-state index contributed by atoms with van der Waals surface area (Å²) in [5.74, 6) is 1.73. The molecule has 114 valence electrons. The Morgan fingerprint density at radius 2 is 1.81 bits per heavy atom. The van der Waals surface area contributed by atoms with Gasteiger partial charge in [-0.25, -0.2) is 4.98 Å². The van der Waals surface area contributed by atoms with Gasteiger partial charge in [-0.05, 0) is 36.1 Å². The average Bonchev–Trinajstić information content (AvgIpc) is 2.90. The van der Waals surface area contributed by atoms with Gasteiger partial charge < -0.3 is 9.84 Å². The van der Waals surface area contributed by atoms with Gasteiger partial charge in [-0.2, -0.15) is 0 Å². The van der Waals surface area contributed by atoms with E-state index in [4.69, 9.17) is 4.74 Å². The lowest BCUT2D eigenvalue weighted by molar-refractivity contribution is 0.271. The molecule has 0 atom stereocenters. The van der Waals surface area contributed by atoms with E-state index in [0.29, 0.717) is 11.8 Å². The number of aliphatic hydroxyl groups excluding tert-OH is 1. The third kappa shape index (κ3) is 4.05. The molecule has 1 aromatic heterocycles. The Morgan fingerprint density at radius 3 is 2.29 bits per heavy atom. The lowest BCUT2D eigenvalue weighted by atomic mass is 10.1. The third-order valence-corrected chi connectivity index (χ3v) is 4.21. The van der Waals surface area contributed by atoms with Crippen molar-refractivity contribution in [3.63, 3.8) is 0 Å². The molecule has 2 aromatic rings. The highest BCUT2D eigenvalue weighted by Gasteiger charge is 2.14. The van der Waals surface area contributed by atoms with E-state index in [1.165, 1.54) is 0 Å². The van der Waals surface area contributed by atoms with Crippen LogP contribution in [0.3, 0.4) is 0 Å². The zero-order chi connectivity index (χ0) is 15.4. The molecular weight excluding hydrogens is 282 g/mol. The smallest absolute Gasteiger partial charge is 0.123 e. The van der Waals surface area contributed by atoms with Crippen molar-refractivity contribution in [2.45, 2.75) is 40.2 Å². The highest BCUT2D eigenvalue weighted by atomic mass is 32.1. The van der Waals surface area contributed by atoms with Crippen molar-refractivity contribution in [3.05, 3.63) is 34.8 Å². The maximum Gasteiger partial charge on any atom is 0.123 e. The average molecular weight is 305 g/mol. The first-order valence-corrected chi connectivity index (χ1v) is 8.16. The van der Waals surface area contributed by atoms with E-state index in [2.05, 4.69) is 32.7 Å². The molecular formula is C17H23NO2S. The highest BCUT2D eigenvalue weighted by molar-refractivity contribution is 7.15. The van der Waals surface area contributed by atoms with Crippen LogP contribution >= 0.6 is 11.3 Å². The standard InChI is InChI=1S/C17H23NO2S/c1-11(2)10-20-14-7-5-13(6-8-14)17-18-16(12(3)4)15(9-19)21-17/h5-8,11-12,19H,9-10H2,1-4H3. The fourth-order valence-corrected chi connectivity index (χ4v) is 3.09. The number of thiazole rings is 1. The molecule has 2 rings (SSSR count). The van der Waals surface area contributed by atoms with Gasteiger partial charge in [0.05, 0.1) is 23.8 Å². The summed E-state index contributed by atoms with van der Waals surface area (Å²) < 4.78 is 5.69. The summed E-state index contributed by atoms with van der Waals surface area (Å²) in [6.07, 6.45) is 0. The SMILES string of the molecule is CC(C)COc1ccc(-c2nc(C(C)C)c(CO)s2)cc1. The van der Waals surface area contributed by atoms with E-state index in [1.807, 2.05) is 24.3 Å². The number of nitrogens with zero attached hydrogens (tertiary/aromatic N) is 1. The molecule has 0 amide bonds. The minimum atomic E-state index is 0.0563. The Morgan fingerprint density at radius 1 is 1.14 bits per heavy atom. The molecule has 1 N–H and O–H groups in total. The second-order valence-corrected chi connectivity index (χ2v) is 6.95. The van der Waals surface area contributed by atoms with Crippen LogP contribution in [0.5, 0.6) is 5.75 Å². The maximum atomic E-state index is 9.44. The molecule has 4 heteroatoms. The first-order chi connectivity index (χ1) is 10.0. The van der Waals surface area contributed by atoms with Crippen LogP contribution in [0.15, 0.2) is 24.3 Å². The predicted octanol–water partition coefficient (Wildman–Crippen LogP) is 4.46. The van der Waals surface area contributed by atoms with E-state index in [1.54, 1.807) is 11.3 Å². The van der Waals surface area contributed by atoms with Crippen LogP contribution in [0.2, 0.25) is 0 Å². The first kappa shape index (κ1) is 16.0. The van der Waals surface area contributed by atoms with Crippen molar-refractivity contribution in [3.8, 4) is 16.3 Å². The van der Waals surface area contributed by atoms with Crippen LogP contribution in [0.4, 0.5) is 0 Å². The van der Waals surface area contributed by atoms with Crippen LogP contribution in [-0.2, 0) is 6.61 Å². The normalized spacial score (nSPS) is 11.4. The molecule has 0 aliphatic rings. The summed E-state index contributed by atoms with van der Waals surface area (Å²) in [5, 5.41) is 10.4. The van der Waals surface area contributed by atoms with Crippen molar-refractivity contribution >= 4 is 11.3 Å². The molecule has 0 unspecified atom stereocenters. The van der Waals surface area contributed by atoms with Crippen LogP contribution in [0.25, 0.3) is 10.6 Å². The van der Waals surface area contributed by atoms with Gasteiger partial charge in [0, 0.05) is 5.56 Å². The Balaban J connectivity index is 2.18. The van der Waals surface area contributed by atoms with Crippen LogP contribution in [0.1, 0.15) is 44.2 Å². The lowest BCUT2D eigenvalue weighted by Crippen LogP contribution is -2.04. The van der Waals surface area contributed by atoms with Gasteiger partial charge in [-0.1, -0.05) is 27.7 Å². The van der Waals surface area contributed by atoms with E-state index in [-0.39, 0.29) is 6.61 Å². The number of aliphatic hydroxyl groups is 1. The van der Waals surface area contributed by atoms with Gasteiger partial charge >= 0.3 is 0 Å². The number of rotatable bonds is 6. The van der Waals surface area contributed by atoms with E-state index < -0.39 is 0 Å². The van der Waals surface area contributed by atoms with E-state index in [9.17, 15) is 5.11 Å². The summed E-state index contributed by atoms with van der Waals surface area (Å²) in [6.45, 7) is 9.24. The van der Waals surface area contributed by atoms with Gasteiger partial charge in [-0.3, -0.25) is 0 Å². The van der Waals surface area contributed by atoms with Crippen molar-refractivity contribution in [2.24, 2.45) is 5.92 Å². The summed E-state index contributed by atoms with van der Waals surface area (Å²) in [5.41, 5.74) is 2.07. The maximum absolute atomic E-state index is 9.44. The van der Waals surface area contributed by atoms with Crippen molar-refractivity contribution in [1.29, 1.82) is 0 Å². The summed E-state index contributed by atoms with van der Waals surface area (Å²) >= 11 is 1.56. The van der Waals surface area contributed by atoms with Crippen molar-refractivity contribution in [2.75, 3.05) is 6.61 Å². The summed E-state index contributed by atoms with van der Waals surface area (Å²) in [4.78, 5) is 5.63. The quantitative estimate of drug-likeness (QED) is 0.856. The molecule has 1 heterocycles. The fraction of sp³-hybridized carbons (Fsp3) is 0.471. The van der Waals surface area contributed by atoms with Gasteiger partial charge in [0.1, 0.15) is 10.8 Å².